The second kappa shape index (κ2) is 6.69. The van der Waals surface area contributed by atoms with Crippen molar-refractivity contribution in [3.63, 3.8) is 0 Å². The number of benzene rings is 1. The lowest BCUT2D eigenvalue weighted by Crippen LogP contribution is -2.34. The highest BCUT2D eigenvalue weighted by Crippen LogP contribution is 2.29. The van der Waals surface area contributed by atoms with Crippen molar-refractivity contribution in [3.05, 3.63) is 28.2 Å². The van der Waals surface area contributed by atoms with Crippen LogP contribution in [-0.2, 0) is 4.74 Å². The number of halogens is 2. The van der Waals surface area contributed by atoms with E-state index >= 15 is 0 Å². The van der Waals surface area contributed by atoms with Crippen LogP contribution < -0.4 is 5.32 Å². The van der Waals surface area contributed by atoms with Gasteiger partial charge in [0.15, 0.2) is 0 Å². The van der Waals surface area contributed by atoms with Crippen molar-refractivity contribution < 1.29 is 9.53 Å². The molecular formula is C11H14Cl2N2O2. The smallest absolute Gasteiger partial charge is 0.321 e. The van der Waals surface area contributed by atoms with E-state index in [1.165, 1.54) is 4.90 Å². The molecule has 94 valence electrons. The lowest BCUT2D eigenvalue weighted by Gasteiger charge is -2.18. The molecule has 2 amide bonds. The van der Waals surface area contributed by atoms with Crippen LogP contribution in [0.25, 0.3) is 0 Å². The quantitative estimate of drug-likeness (QED) is 0.918. The highest BCUT2D eigenvalue weighted by Gasteiger charge is 2.12. The molecule has 0 spiro atoms. The number of hydrogen-bond donors (Lipinski definition) is 1. The molecule has 1 rings (SSSR count). The molecule has 0 unspecified atom stereocenters. The van der Waals surface area contributed by atoms with Gasteiger partial charge >= 0.3 is 6.03 Å². The molecular weight excluding hydrogens is 263 g/mol. The average Bonchev–Trinajstić information content (AvgIpc) is 2.30. The Morgan fingerprint density at radius 2 is 2.00 bits per heavy atom. The summed E-state index contributed by atoms with van der Waals surface area (Å²) in [7, 11) is 3.25. The van der Waals surface area contributed by atoms with Crippen LogP contribution in [0.2, 0.25) is 10.0 Å². The molecule has 17 heavy (non-hydrogen) atoms. The lowest BCUT2D eigenvalue weighted by atomic mass is 10.3. The van der Waals surface area contributed by atoms with Crippen LogP contribution >= 0.6 is 23.2 Å². The van der Waals surface area contributed by atoms with E-state index in [1.807, 2.05) is 0 Å². The normalized spacial score (nSPS) is 10.1. The maximum absolute atomic E-state index is 11.8. The molecule has 1 N–H and O–H groups in total. The van der Waals surface area contributed by atoms with Gasteiger partial charge in [0.2, 0.25) is 0 Å². The SMILES string of the molecule is COCCN(C)C(=O)Nc1c(Cl)cccc1Cl. The first-order valence-electron chi connectivity index (χ1n) is 5.01. The zero-order valence-electron chi connectivity index (χ0n) is 9.67. The third-order valence-electron chi connectivity index (χ3n) is 2.17. The first-order chi connectivity index (χ1) is 8.06. The minimum atomic E-state index is -0.281. The fourth-order valence-corrected chi connectivity index (χ4v) is 1.64. The molecule has 0 saturated carbocycles. The number of nitrogens with one attached hydrogen (secondary N) is 1. The molecule has 0 heterocycles. The average molecular weight is 277 g/mol. The number of hydrogen-bond acceptors (Lipinski definition) is 2. The molecule has 1 aromatic rings. The number of carbonyl (C=O) groups excluding carboxylic acids is 1. The van der Waals surface area contributed by atoms with Crippen molar-refractivity contribution in [2.75, 3.05) is 32.6 Å². The Kier molecular flexibility index (Phi) is 5.55. The summed E-state index contributed by atoms with van der Waals surface area (Å²) < 4.78 is 4.89. The third-order valence-corrected chi connectivity index (χ3v) is 2.80. The molecule has 1 aromatic carbocycles. The first kappa shape index (κ1) is 14.1. The fraction of sp³-hybridized carbons (Fsp3) is 0.364. The molecule has 0 saturated heterocycles. The maximum Gasteiger partial charge on any atom is 0.321 e. The van der Waals surface area contributed by atoms with Crippen LogP contribution in [0.4, 0.5) is 10.5 Å². The van der Waals surface area contributed by atoms with Gasteiger partial charge in [-0.25, -0.2) is 4.79 Å². The van der Waals surface area contributed by atoms with E-state index in [2.05, 4.69) is 5.32 Å². The molecule has 6 heteroatoms. The Labute approximate surface area is 110 Å². The van der Waals surface area contributed by atoms with Gasteiger partial charge in [0.25, 0.3) is 0 Å². The van der Waals surface area contributed by atoms with E-state index in [9.17, 15) is 4.79 Å². The lowest BCUT2D eigenvalue weighted by molar-refractivity contribution is 0.165. The van der Waals surface area contributed by atoms with Crippen LogP contribution in [0.15, 0.2) is 18.2 Å². The summed E-state index contributed by atoms with van der Waals surface area (Å²) in [6.45, 7) is 0.963. The predicted molar refractivity (Wildman–Crippen MR) is 70.0 cm³/mol. The summed E-state index contributed by atoms with van der Waals surface area (Å²) in [6, 6.07) is 4.77. The van der Waals surface area contributed by atoms with Gasteiger partial charge in [-0.3, -0.25) is 0 Å². The Morgan fingerprint density at radius 3 is 2.53 bits per heavy atom. The number of likely N-dealkylation sites (N-methyl/N-ethyl adjacent to an activating group) is 1. The van der Waals surface area contributed by atoms with E-state index < -0.39 is 0 Å². The van der Waals surface area contributed by atoms with Crippen molar-refractivity contribution in [3.8, 4) is 0 Å². The molecule has 0 aromatic heterocycles. The molecule has 0 radical (unpaired) electrons. The monoisotopic (exact) mass is 276 g/mol. The first-order valence-corrected chi connectivity index (χ1v) is 5.77. The second-order valence-electron chi connectivity index (χ2n) is 3.44. The van der Waals surface area contributed by atoms with Gasteiger partial charge in [-0.05, 0) is 12.1 Å². The highest BCUT2D eigenvalue weighted by molar-refractivity contribution is 6.39. The van der Waals surface area contributed by atoms with Crippen LogP contribution in [0.3, 0.4) is 0 Å². The van der Waals surface area contributed by atoms with Crippen LogP contribution in [0.1, 0.15) is 0 Å². The van der Waals surface area contributed by atoms with Crippen molar-refractivity contribution in [1.82, 2.24) is 4.90 Å². The van der Waals surface area contributed by atoms with Crippen LogP contribution in [0, 0.1) is 0 Å². The number of nitrogens with zero attached hydrogens (tertiary/aromatic N) is 1. The summed E-state index contributed by atoms with van der Waals surface area (Å²) in [5.41, 5.74) is 0.421. The standard InChI is InChI=1S/C11H14Cl2N2O2/c1-15(6-7-17-2)11(16)14-10-8(12)4-3-5-9(10)13/h3-5H,6-7H2,1-2H3,(H,14,16). The number of ether oxygens (including phenoxy) is 1. The molecule has 4 nitrogen and oxygen atoms in total. The number of amides is 2. The minimum Gasteiger partial charge on any atom is -0.383 e. The van der Waals surface area contributed by atoms with Crippen molar-refractivity contribution in [2.45, 2.75) is 0 Å². The molecule has 0 aliphatic rings. The number of urea groups is 1. The van der Waals surface area contributed by atoms with Gasteiger partial charge in [0, 0.05) is 20.7 Å². The van der Waals surface area contributed by atoms with E-state index in [1.54, 1.807) is 32.4 Å². The van der Waals surface area contributed by atoms with Gasteiger partial charge in [0.05, 0.1) is 22.3 Å². The van der Waals surface area contributed by atoms with Gasteiger partial charge in [0.1, 0.15) is 0 Å². The number of carbonyl (C=O) groups is 1. The Balaban J connectivity index is 2.68. The van der Waals surface area contributed by atoms with E-state index in [4.69, 9.17) is 27.9 Å². The van der Waals surface area contributed by atoms with Crippen molar-refractivity contribution in [2.24, 2.45) is 0 Å². The molecule has 0 aliphatic heterocycles. The second-order valence-corrected chi connectivity index (χ2v) is 4.26. The minimum absolute atomic E-state index is 0.281. The summed E-state index contributed by atoms with van der Waals surface area (Å²) in [5.74, 6) is 0. The Hall–Kier alpha value is -0.970. The van der Waals surface area contributed by atoms with Gasteiger partial charge in [-0.2, -0.15) is 0 Å². The Bertz CT molecular complexity index is 379. The van der Waals surface area contributed by atoms with Crippen molar-refractivity contribution >= 4 is 34.9 Å². The number of para-hydroxylation sites is 1. The van der Waals surface area contributed by atoms with Gasteiger partial charge < -0.3 is 15.0 Å². The third kappa shape index (κ3) is 4.07. The molecule has 0 fully saturated rings. The topological polar surface area (TPSA) is 41.6 Å². The van der Waals surface area contributed by atoms with E-state index in [0.29, 0.717) is 28.9 Å². The zero-order chi connectivity index (χ0) is 12.8. The maximum atomic E-state index is 11.8. The van der Waals surface area contributed by atoms with Crippen LogP contribution in [0.5, 0.6) is 0 Å². The van der Waals surface area contributed by atoms with Gasteiger partial charge in [-0.1, -0.05) is 29.3 Å². The fourth-order valence-electron chi connectivity index (χ4n) is 1.15. The molecule has 0 aliphatic carbocycles. The van der Waals surface area contributed by atoms with Crippen LogP contribution in [-0.4, -0.2) is 38.2 Å². The number of methoxy groups -OCH3 is 1. The van der Waals surface area contributed by atoms with E-state index in [-0.39, 0.29) is 6.03 Å². The zero-order valence-corrected chi connectivity index (χ0v) is 11.2. The summed E-state index contributed by atoms with van der Waals surface area (Å²) in [5, 5.41) is 3.47. The number of rotatable bonds is 4. The molecule has 0 atom stereocenters. The summed E-state index contributed by atoms with van der Waals surface area (Å²) in [4.78, 5) is 13.3. The molecule has 0 bridgehead atoms. The van der Waals surface area contributed by atoms with Crippen molar-refractivity contribution in [1.29, 1.82) is 0 Å². The summed E-state index contributed by atoms with van der Waals surface area (Å²) >= 11 is 11.9. The van der Waals surface area contributed by atoms with E-state index in [0.717, 1.165) is 0 Å². The van der Waals surface area contributed by atoms with Gasteiger partial charge in [-0.15, -0.1) is 0 Å². The summed E-state index contributed by atoms with van der Waals surface area (Å²) in [6.07, 6.45) is 0. The predicted octanol–water partition coefficient (Wildman–Crippen LogP) is 3.10. The highest BCUT2D eigenvalue weighted by atomic mass is 35.5. The Morgan fingerprint density at radius 1 is 1.41 bits per heavy atom. The largest absolute Gasteiger partial charge is 0.383 e. The number of anilines is 1.